The number of hydrogen-bond acceptors (Lipinski definition) is 4. The van der Waals surface area contributed by atoms with Gasteiger partial charge in [-0.05, 0) is 36.8 Å². The number of benzene rings is 1. The second kappa shape index (κ2) is 5.49. The maximum absolute atomic E-state index is 10.6. The van der Waals surface area contributed by atoms with E-state index in [1.807, 2.05) is 25.1 Å². The van der Waals surface area contributed by atoms with Crippen LogP contribution in [0.3, 0.4) is 0 Å². The van der Waals surface area contributed by atoms with Crippen molar-refractivity contribution < 1.29 is 4.92 Å². The molecule has 0 saturated heterocycles. The molecule has 0 aliphatic rings. The molecular weight excluding hydrogens is 316 g/mol. The second-order valence-corrected chi connectivity index (χ2v) is 5.93. The van der Waals surface area contributed by atoms with E-state index in [1.54, 1.807) is 6.07 Å². The summed E-state index contributed by atoms with van der Waals surface area (Å²) in [5.41, 5.74) is 2.15. The van der Waals surface area contributed by atoms with Crippen molar-refractivity contribution in [3.05, 3.63) is 55.4 Å². The van der Waals surface area contributed by atoms with E-state index in [-0.39, 0.29) is 9.92 Å². The van der Waals surface area contributed by atoms with Gasteiger partial charge in [0.15, 0.2) is 0 Å². The van der Waals surface area contributed by atoms with E-state index in [1.165, 1.54) is 17.4 Å². The van der Waals surface area contributed by atoms with E-state index in [0.29, 0.717) is 6.54 Å². The Morgan fingerprint density at radius 1 is 1.39 bits per heavy atom. The standard InChI is InChI=1S/C12H11BrN2O2S/c1-8-4-9(13)6-10(5-8)14-7-11-2-3-12(18-11)15(16)17/h2-6,14H,7H2,1H3. The predicted octanol–water partition coefficient (Wildman–Crippen LogP) is 4.34. The molecule has 0 radical (unpaired) electrons. The van der Waals surface area contributed by atoms with Crippen LogP contribution in [-0.4, -0.2) is 4.92 Å². The van der Waals surface area contributed by atoms with E-state index in [9.17, 15) is 10.1 Å². The van der Waals surface area contributed by atoms with Gasteiger partial charge in [0, 0.05) is 27.6 Å². The van der Waals surface area contributed by atoms with Crippen molar-refractivity contribution in [2.75, 3.05) is 5.32 Å². The van der Waals surface area contributed by atoms with Crippen LogP contribution in [0.5, 0.6) is 0 Å². The average molecular weight is 327 g/mol. The van der Waals surface area contributed by atoms with Gasteiger partial charge in [-0.2, -0.15) is 0 Å². The minimum atomic E-state index is -0.364. The summed E-state index contributed by atoms with van der Waals surface area (Å²) in [4.78, 5) is 11.1. The highest BCUT2D eigenvalue weighted by Crippen LogP contribution is 2.25. The fourth-order valence-electron chi connectivity index (χ4n) is 1.59. The summed E-state index contributed by atoms with van der Waals surface area (Å²) >= 11 is 4.63. The number of hydrogen-bond donors (Lipinski definition) is 1. The van der Waals surface area contributed by atoms with Gasteiger partial charge in [0.1, 0.15) is 0 Å². The predicted molar refractivity (Wildman–Crippen MR) is 77.2 cm³/mol. The number of nitrogens with one attached hydrogen (secondary N) is 1. The third kappa shape index (κ3) is 3.30. The van der Waals surface area contributed by atoms with Gasteiger partial charge in [-0.15, -0.1) is 0 Å². The number of thiophene rings is 1. The zero-order chi connectivity index (χ0) is 13.1. The summed E-state index contributed by atoms with van der Waals surface area (Å²) in [7, 11) is 0. The van der Waals surface area contributed by atoms with Gasteiger partial charge in [0.25, 0.3) is 0 Å². The first-order valence-corrected chi connectivity index (χ1v) is 6.90. The molecular formula is C12H11BrN2O2S. The fourth-order valence-corrected chi connectivity index (χ4v) is 2.95. The van der Waals surface area contributed by atoms with Gasteiger partial charge in [-0.1, -0.05) is 27.3 Å². The minimum Gasteiger partial charge on any atom is -0.380 e. The number of nitro groups is 1. The highest BCUT2D eigenvalue weighted by molar-refractivity contribution is 9.10. The van der Waals surface area contributed by atoms with Crippen molar-refractivity contribution in [3.63, 3.8) is 0 Å². The molecule has 0 spiro atoms. The average Bonchev–Trinajstić information content (AvgIpc) is 2.73. The Kier molecular flexibility index (Phi) is 3.98. The van der Waals surface area contributed by atoms with E-state index in [4.69, 9.17) is 0 Å². The van der Waals surface area contributed by atoms with Crippen LogP contribution >= 0.6 is 27.3 Å². The zero-order valence-electron chi connectivity index (χ0n) is 9.64. The molecule has 0 saturated carbocycles. The van der Waals surface area contributed by atoms with Crippen LogP contribution in [0.4, 0.5) is 10.7 Å². The lowest BCUT2D eigenvalue weighted by molar-refractivity contribution is -0.380. The molecule has 0 aliphatic heterocycles. The summed E-state index contributed by atoms with van der Waals surface area (Å²) in [5, 5.41) is 14.0. The van der Waals surface area contributed by atoms with E-state index < -0.39 is 0 Å². The van der Waals surface area contributed by atoms with Gasteiger partial charge in [0.2, 0.25) is 0 Å². The maximum atomic E-state index is 10.6. The highest BCUT2D eigenvalue weighted by Gasteiger charge is 2.09. The van der Waals surface area contributed by atoms with Gasteiger partial charge < -0.3 is 5.32 Å². The van der Waals surface area contributed by atoms with Crippen LogP contribution in [0.25, 0.3) is 0 Å². The van der Waals surface area contributed by atoms with Crippen LogP contribution in [0.1, 0.15) is 10.4 Å². The molecule has 4 nitrogen and oxygen atoms in total. The normalized spacial score (nSPS) is 10.3. The molecule has 0 fully saturated rings. The van der Waals surface area contributed by atoms with Crippen molar-refractivity contribution in [3.8, 4) is 0 Å². The minimum absolute atomic E-state index is 0.178. The molecule has 2 aromatic rings. The molecule has 94 valence electrons. The molecule has 0 amide bonds. The first-order chi connectivity index (χ1) is 8.54. The summed E-state index contributed by atoms with van der Waals surface area (Å²) in [6.45, 7) is 2.61. The van der Waals surface area contributed by atoms with Gasteiger partial charge in [-0.3, -0.25) is 10.1 Å². The Morgan fingerprint density at radius 3 is 2.78 bits per heavy atom. The van der Waals surface area contributed by atoms with Crippen LogP contribution in [0.15, 0.2) is 34.8 Å². The lowest BCUT2D eigenvalue weighted by Gasteiger charge is -2.06. The molecule has 1 aromatic carbocycles. The topological polar surface area (TPSA) is 55.2 Å². The van der Waals surface area contributed by atoms with Crippen LogP contribution in [-0.2, 0) is 6.54 Å². The SMILES string of the molecule is Cc1cc(Br)cc(NCc2ccc([N+](=O)[O-])s2)c1. The molecule has 0 bridgehead atoms. The lowest BCUT2D eigenvalue weighted by atomic mass is 10.2. The molecule has 6 heteroatoms. The molecule has 1 N–H and O–H groups in total. The van der Waals surface area contributed by atoms with Crippen molar-refractivity contribution in [2.24, 2.45) is 0 Å². The largest absolute Gasteiger partial charge is 0.380 e. The van der Waals surface area contributed by atoms with Crippen molar-refractivity contribution in [1.29, 1.82) is 0 Å². The Morgan fingerprint density at radius 2 is 2.17 bits per heavy atom. The van der Waals surface area contributed by atoms with Gasteiger partial charge >= 0.3 is 5.00 Å². The third-order valence-corrected chi connectivity index (χ3v) is 3.83. The van der Waals surface area contributed by atoms with Crippen LogP contribution in [0, 0.1) is 17.0 Å². The fraction of sp³-hybridized carbons (Fsp3) is 0.167. The van der Waals surface area contributed by atoms with Crippen molar-refractivity contribution in [2.45, 2.75) is 13.5 Å². The number of aryl methyl sites for hydroxylation is 1. The molecule has 0 atom stereocenters. The van der Waals surface area contributed by atoms with Gasteiger partial charge in [-0.25, -0.2) is 0 Å². The van der Waals surface area contributed by atoms with Crippen molar-refractivity contribution in [1.82, 2.24) is 0 Å². The molecule has 0 aliphatic carbocycles. The highest BCUT2D eigenvalue weighted by atomic mass is 79.9. The van der Waals surface area contributed by atoms with E-state index >= 15 is 0 Å². The summed E-state index contributed by atoms with van der Waals surface area (Å²) < 4.78 is 1.02. The number of halogens is 1. The Hall–Kier alpha value is -1.40. The zero-order valence-corrected chi connectivity index (χ0v) is 12.0. The molecule has 1 heterocycles. The summed E-state index contributed by atoms with van der Waals surface area (Å²) in [6.07, 6.45) is 0. The van der Waals surface area contributed by atoms with Crippen LogP contribution < -0.4 is 5.32 Å². The quantitative estimate of drug-likeness (QED) is 0.671. The Balaban J connectivity index is 2.04. The number of anilines is 1. The maximum Gasteiger partial charge on any atom is 0.324 e. The lowest BCUT2D eigenvalue weighted by Crippen LogP contribution is -1.97. The first-order valence-electron chi connectivity index (χ1n) is 5.29. The molecule has 1 aromatic heterocycles. The van der Waals surface area contributed by atoms with E-state index in [2.05, 4.69) is 21.2 Å². The summed E-state index contributed by atoms with van der Waals surface area (Å²) in [5.74, 6) is 0. The third-order valence-electron chi connectivity index (χ3n) is 2.34. The number of rotatable bonds is 4. The Labute approximate surface area is 117 Å². The summed E-state index contributed by atoms with van der Waals surface area (Å²) in [6, 6.07) is 9.36. The smallest absolute Gasteiger partial charge is 0.324 e. The molecule has 2 rings (SSSR count). The van der Waals surface area contributed by atoms with Gasteiger partial charge in [0.05, 0.1) is 4.92 Å². The van der Waals surface area contributed by atoms with Crippen molar-refractivity contribution >= 4 is 38.0 Å². The Bertz CT molecular complexity index is 563. The number of nitrogens with zero attached hydrogens (tertiary/aromatic N) is 1. The van der Waals surface area contributed by atoms with Crippen LogP contribution in [0.2, 0.25) is 0 Å². The molecule has 0 unspecified atom stereocenters. The second-order valence-electron chi connectivity index (χ2n) is 3.87. The molecule has 18 heavy (non-hydrogen) atoms. The van der Waals surface area contributed by atoms with E-state index in [0.717, 1.165) is 20.6 Å². The monoisotopic (exact) mass is 326 g/mol. The first kappa shape index (κ1) is 13.0.